The van der Waals surface area contributed by atoms with E-state index in [0.29, 0.717) is 6.04 Å². The van der Waals surface area contributed by atoms with Gasteiger partial charge in [-0.3, -0.25) is 9.89 Å². The van der Waals surface area contributed by atoms with E-state index in [1.165, 1.54) is 16.0 Å². The van der Waals surface area contributed by atoms with Gasteiger partial charge in [0.05, 0.1) is 6.54 Å². The predicted octanol–water partition coefficient (Wildman–Crippen LogP) is 2.86. The highest BCUT2D eigenvalue weighted by atomic mass is 32.1. The Morgan fingerprint density at radius 1 is 1.21 bits per heavy atom. The minimum Gasteiger partial charge on any atom is -0.355 e. The average Bonchev–Trinajstić information content (AvgIpc) is 3.14. The van der Waals surface area contributed by atoms with Gasteiger partial charge in [-0.1, -0.05) is 30.3 Å². The van der Waals surface area contributed by atoms with Gasteiger partial charge in [0.25, 0.3) is 0 Å². The molecule has 0 bridgehead atoms. The second-order valence-electron chi connectivity index (χ2n) is 6.22. The fourth-order valence-corrected chi connectivity index (χ4v) is 3.72. The Morgan fingerprint density at radius 3 is 2.79 bits per heavy atom. The van der Waals surface area contributed by atoms with Gasteiger partial charge < -0.3 is 10.6 Å². The van der Waals surface area contributed by atoms with Crippen LogP contribution in [0.25, 0.3) is 0 Å². The zero-order valence-electron chi connectivity index (χ0n) is 14.5. The molecule has 0 amide bonds. The number of aliphatic imine (C=N–C) groups is 1. The van der Waals surface area contributed by atoms with E-state index in [1.807, 2.05) is 7.05 Å². The molecule has 2 heterocycles. The molecule has 0 aliphatic carbocycles. The molecule has 1 aliphatic rings. The standard InChI is InChI=1S/C19H26N4S/c1-15(23-10-9-16-6-3-4-7-17(16)14-23)12-21-19(20-2)22-13-18-8-5-11-24-18/h3-8,11,15H,9-10,12-14H2,1-2H3,(H2,20,21,22). The van der Waals surface area contributed by atoms with E-state index in [-0.39, 0.29) is 0 Å². The topological polar surface area (TPSA) is 39.7 Å². The first kappa shape index (κ1) is 17.0. The van der Waals surface area contributed by atoms with Crippen LogP contribution in [0.2, 0.25) is 0 Å². The van der Waals surface area contributed by atoms with Crippen molar-refractivity contribution in [3.63, 3.8) is 0 Å². The van der Waals surface area contributed by atoms with Gasteiger partial charge in [-0.2, -0.15) is 0 Å². The summed E-state index contributed by atoms with van der Waals surface area (Å²) in [4.78, 5) is 8.18. The molecular formula is C19H26N4S. The minimum atomic E-state index is 0.471. The molecule has 0 spiro atoms. The number of hydrogen-bond acceptors (Lipinski definition) is 3. The number of fused-ring (bicyclic) bond motifs is 1. The van der Waals surface area contributed by atoms with Crippen LogP contribution >= 0.6 is 11.3 Å². The van der Waals surface area contributed by atoms with Crippen LogP contribution in [0.1, 0.15) is 22.9 Å². The SMILES string of the molecule is CN=C(NCc1cccs1)NCC(C)N1CCc2ccccc2C1. The van der Waals surface area contributed by atoms with Crippen LogP contribution in [-0.4, -0.2) is 37.0 Å². The quantitative estimate of drug-likeness (QED) is 0.648. The van der Waals surface area contributed by atoms with E-state index >= 15 is 0 Å². The van der Waals surface area contributed by atoms with Crippen LogP contribution in [0.5, 0.6) is 0 Å². The lowest BCUT2D eigenvalue weighted by atomic mass is 9.99. The summed E-state index contributed by atoms with van der Waals surface area (Å²) >= 11 is 1.76. The predicted molar refractivity (Wildman–Crippen MR) is 103 cm³/mol. The second kappa shape index (κ2) is 8.31. The molecule has 3 rings (SSSR count). The van der Waals surface area contributed by atoms with Crippen molar-refractivity contribution in [2.24, 2.45) is 4.99 Å². The number of nitrogens with one attached hydrogen (secondary N) is 2. The Labute approximate surface area is 148 Å². The molecule has 128 valence electrons. The Bertz CT molecular complexity index is 666. The summed E-state index contributed by atoms with van der Waals surface area (Å²) in [6.45, 7) is 6.17. The molecule has 5 heteroatoms. The summed E-state index contributed by atoms with van der Waals surface area (Å²) in [5, 5.41) is 8.93. The molecule has 1 aliphatic heterocycles. The van der Waals surface area contributed by atoms with Gasteiger partial charge in [0.1, 0.15) is 0 Å². The van der Waals surface area contributed by atoms with Crippen LogP contribution in [-0.2, 0) is 19.5 Å². The summed E-state index contributed by atoms with van der Waals surface area (Å²) < 4.78 is 0. The Balaban J connectivity index is 1.47. The van der Waals surface area contributed by atoms with Crippen molar-refractivity contribution in [3.8, 4) is 0 Å². The molecule has 0 saturated carbocycles. The average molecular weight is 343 g/mol. The van der Waals surface area contributed by atoms with Crippen LogP contribution < -0.4 is 10.6 Å². The molecule has 1 aromatic carbocycles. The smallest absolute Gasteiger partial charge is 0.191 e. The third-order valence-electron chi connectivity index (χ3n) is 4.58. The molecule has 0 fully saturated rings. The van der Waals surface area contributed by atoms with E-state index < -0.39 is 0 Å². The van der Waals surface area contributed by atoms with Crippen molar-refractivity contribution in [2.45, 2.75) is 32.5 Å². The van der Waals surface area contributed by atoms with Crippen LogP contribution in [0.4, 0.5) is 0 Å². The largest absolute Gasteiger partial charge is 0.355 e. The monoisotopic (exact) mass is 342 g/mol. The molecule has 4 nitrogen and oxygen atoms in total. The molecule has 1 atom stereocenters. The van der Waals surface area contributed by atoms with Crippen molar-refractivity contribution in [3.05, 3.63) is 57.8 Å². The van der Waals surface area contributed by atoms with Crippen LogP contribution in [0.3, 0.4) is 0 Å². The highest BCUT2D eigenvalue weighted by molar-refractivity contribution is 7.09. The highest BCUT2D eigenvalue weighted by Gasteiger charge is 2.20. The third kappa shape index (κ3) is 4.36. The zero-order chi connectivity index (χ0) is 16.8. The molecule has 2 N–H and O–H groups in total. The van der Waals surface area contributed by atoms with E-state index in [2.05, 4.69) is 69.2 Å². The van der Waals surface area contributed by atoms with Gasteiger partial charge in [0, 0.05) is 37.6 Å². The lowest BCUT2D eigenvalue weighted by Gasteiger charge is -2.34. The fourth-order valence-electron chi connectivity index (χ4n) is 3.07. The van der Waals surface area contributed by atoms with Crippen LogP contribution in [0.15, 0.2) is 46.8 Å². The number of hydrogen-bond donors (Lipinski definition) is 2. The van der Waals surface area contributed by atoms with E-state index in [1.54, 1.807) is 11.3 Å². The first-order chi connectivity index (χ1) is 11.8. The minimum absolute atomic E-state index is 0.471. The van der Waals surface area contributed by atoms with E-state index in [9.17, 15) is 0 Å². The molecule has 1 aromatic heterocycles. The normalized spacial score (nSPS) is 16.5. The summed E-state index contributed by atoms with van der Waals surface area (Å²) in [5.41, 5.74) is 2.97. The van der Waals surface area contributed by atoms with Crippen molar-refractivity contribution in [2.75, 3.05) is 20.1 Å². The maximum atomic E-state index is 4.32. The first-order valence-electron chi connectivity index (χ1n) is 8.54. The first-order valence-corrected chi connectivity index (χ1v) is 9.42. The van der Waals surface area contributed by atoms with Gasteiger partial charge in [-0.25, -0.2) is 0 Å². The molecular weight excluding hydrogens is 316 g/mol. The highest BCUT2D eigenvalue weighted by Crippen LogP contribution is 2.19. The van der Waals surface area contributed by atoms with Gasteiger partial charge in [0.15, 0.2) is 5.96 Å². The van der Waals surface area contributed by atoms with Crippen molar-refractivity contribution in [1.29, 1.82) is 0 Å². The van der Waals surface area contributed by atoms with E-state index in [0.717, 1.165) is 38.6 Å². The molecule has 1 unspecified atom stereocenters. The summed E-state index contributed by atoms with van der Waals surface area (Å²) in [7, 11) is 1.82. The van der Waals surface area contributed by atoms with Gasteiger partial charge >= 0.3 is 0 Å². The summed E-state index contributed by atoms with van der Waals surface area (Å²) in [6, 6.07) is 13.5. The van der Waals surface area contributed by atoms with Crippen molar-refractivity contribution >= 4 is 17.3 Å². The molecule has 2 aromatic rings. The van der Waals surface area contributed by atoms with Gasteiger partial charge in [-0.15, -0.1) is 11.3 Å². The number of nitrogens with zero attached hydrogens (tertiary/aromatic N) is 2. The lowest BCUT2D eigenvalue weighted by molar-refractivity contribution is 0.191. The summed E-state index contributed by atoms with van der Waals surface area (Å²) in [5.74, 6) is 0.868. The van der Waals surface area contributed by atoms with Gasteiger partial charge in [0.2, 0.25) is 0 Å². The number of thiophene rings is 1. The zero-order valence-corrected chi connectivity index (χ0v) is 15.3. The van der Waals surface area contributed by atoms with Crippen molar-refractivity contribution in [1.82, 2.24) is 15.5 Å². The number of rotatable bonds is 5. The second-order valence-corrected chi connectivity index (χ2v) is 7.26. The third-order valence-corrected chi connectivity index (χ3v) is 5.46. The lowest BCUT2D eigenvalue weighted by Crippen LogP contribution is -2.47. The Morgan fingerprint density at radius 2 is 2.04 bits per heavy atom. The molecule has 0 saturated heterocycles. The Kier molecular flexibility index (Phi) is 5.88. The maximum absolute atomic E-state index is 4.32. The number of benzene rings is 1. The maximum Gasteiger partial charge on any atom is 0.191 e. The summed E-state index contributed by atoms with van der Waals surface area (Å²) in [6.07, 6.45) is 1.14. The van der Waals surface area contributed by atoms with Crippen molar-refractivity contribution < 1.29 is 0 Å². The van der Waals surface area contributed by atoms with E-state index in [4.69, 9.17) is 0 Å². The van der Waals surface area contributed by atoms with Gasteiger partial charge in [-0.05, 0) is 35.9 Å². The molecule has 0 radical (unpaired) electrons. The fraction of sp³-hybridized carbons (Fsp3) is 0.421. The van der Waals surface area contributed by atoms with Crippen LogP contribution in [0, 0.1) is 0 Å². The molecule has 24 heavy (non-hydrogen) atoms. The Hall–Kier alpha value is -1.85. The number of guanidine groups is 1.